The molecule has 1 atom stereocenters. The van der Waals surface area contributed by atoms with Crippen LogP contribution in [0.5, 0.6) is 0 Å². The van der Waals surface area contributed by atoms with Gasteiger partial charge < -0.3 is 14.5 Å². The highest BCUT2D eigenvalue weighted by Crippen LogP contribution is 2.28. The first kappa shape index (κ1) is 19.2. The van der Waals surface area contributed by atoms with Gasteiger partial charge in [-0.3, -0.25) is 9.78 Å². The molecule has 0 spiro atoms. The molecule has 1 aliphatic heterocycles. The van der Waals surface area contributed by atoms with E-state index in [1.165, 1.54) is 0 Å². The average molecular weight is 369 g/mol. The molecular weight excluding hydrogens is 342 g/mol. The molecule has 0 aromatic carbocycles. The van der Waals surface area contributed by atoms with Gasteiger partial charge in [-0.2, -0.15) is 0 Å². The van der Waals surface area contributed by atoms with E-state index in [0.29, 0.717) is 25.5 Å². The number of carbonyl (C=O) groups is 1. The average Bonchev–Trinajstić information content (AvgIpc) is 2.70. The van der Waals surface area contributed by atoms with Gasteiger partial charge in [-0.1, -0.05) is 6.92 Å². The fraction of sp³-hybridized carbons (Fsp3) is 0.500. The van der Waals surface area contributed by atoms with Crippen molar-refractivity contribution in [2.24, 2.45) is 0 Å². The van der Waals surface area contributed by atoms with Gasteiger partial charge in [-0.05, 0) is 31.9 Å². The number of ether oxygens (including phenoxy) is 1. The third-order valence-corrected chi connectivity index (χ3v) is 4.64. The third-order valence-electron chi connectivity index (χ3n) is 4.64. The number of carbonyl (C=O) groups excluding carboxylic acids is 1. The van der Waals surface area contributed by atoms with E-state index in [2.05, 4.69) is 4.98 Å². The Balaban J connectivity index is 1.90. The van der Waals surface area contributed by atoms with E-state index in [4.69, 9.17) is 14.7 Å². The maximum atomic E-state index is 12.7. The van der Waals surface area contributed by atoms with E-state index in [0.717, 1.165) is 35.5 Å². The van der Waals surface area contributed by atoms with Crippen LogP contribution in [-0.2, 0) is 22.5 Å². The lowest BCUT2D eigenvalue weighted by molar-refractivity contribution is -0.143. The molecule has 1 aliphatic rings. The van der Waals surface area contributed by atoms with E-state index in [1.807, 2.05) is 49.9 Å². The molecule has 0 fully saturated rings. The highest BCUT2D eigenvalue weighted by Gasteiger charge is 2.28. The molecule has 1 amide bonds. The molecule has 7 heteroatoms. The molecule has 7 nitrogen and oxygen atoms in total. The van der Waals surface area contributed by atoms with E-state index in [-0.39, 0.29) is 5.91 Å². The number of fused-ring (bicyclic) bond motifs is 1. The summed E-state index contributed by atoms with van der Waals surface area (Å²) in [5.41, 5.74) is 2.94. The molecule has 2 aromatic heterocycles. The van der Waals surface area contributed by atoms with Crippen LogP contribution in [-0.4, -0.2) is 59.1 Å². The molecule has 144 valence electrons. The maximum absolute atomic E-state index is 12.7. The summed E-state index contributed by atoms with van der Waals surface area (Å²) >= 11 is 0. The standard InChI is InChI=1S/C20H27N5O2/c1-5-12-27-14(2)20(26)25-11-8-16-17(13-25)22-18(23-19(16)24(3)4)15-6-9-21-10-7-15/h6-7,9-10,14H,5,8,11-13H2,1-4H3. The zero-order valence-corrected chi connectivity index (χ0v) is 16.5. The molecular formula is C20H27N5O2. The molecule has 3 rings (SSSR count). The van der Waals surface area contributed by atoms with E-state index in [9.17, 15) is 4.79 Å². The Morgan fingerprint density at radius 1 is 1.30 bits per heavy atom. The van der Waals surface area contributed by atoms with Crippen LogP contribution >= 0.6 is 0 Å². The number of hydrogen-bond donors (Lipinski definition) is 0. The Morgan fingerprint density at radius 3 is 2.70 bits per heavy atom. The molecule has 0 aliphatic carbocycles. The minimum atomic E-state index is -0.429. The predicted molar refractivity (Wildman–Crippen MR) is 104 cm³/mol. The Bertz CT molecular complexity index is 794. The van der Waals surface area contributed by atoms with Crippen molar-refractivity contribution in [3.63, 3.8) is 0 Å². The van der Waals surface area contributed by atoms with Crippen LogP contribution < -0.4 is 4.90 Å². The first-order valence-electron chi connectivity index (χ1n) is 9.39. The number of hydrogen-bond acceptors (Lipinski definition) is 6. The number of pyridine rings is 1. The van der Waals surface area contributed by atoms with Crippen molar-refractivity contribution in [3.8, 4) is 11.4 Å². The van der Waals surface area contributed by atoms with Crippen molar-refractivity contribution in [3.05, 3.63) is 35.8 Å². The van der Waals surface area contributed by atoms with Crippen molar-refractivity contribution < 1.29 is 9.53 Å². The second kappa shape index (κ2) is 8.43. The molecule has 0 N–H and O–H groups in total. The van der Waals surface area contributed by atoms with Crippen LogP contribution in [0.15, 0.2) is 24.5 Å². The predicted octanol–water partition coefficient (Wildman–Crippen LogP) is 2.30. The van der Waals surface area contributed by atoms with Gasteiger partial charge in [-0.25, -0.2) is 9.97 Å². The molecule has 1 unspecified atom stereocenters. The summed E-state index contributed by atoms with van der Waals surface area (Å²) in [4.78, 5) is 30.2. The van der Waals surface area contributed by atoms with Crippen molar-refractivity contribution >= 4 is 11.7 Å². The summed E-state index contributed by atoms with van der Waals surface area (Å²) in [5, 5.41) is 0. The minimum absolute atomic E-state index is 0.0181. The highest BCUT2D eigenvalue weighted by atomic mass is 16.5. The first-order chi connectivity index (χ1) is 13.0. The fourth-order valence-corrected chi connectivity index (χ4v) is 3.22. The third kappa shape index (κ3) is 4.24. The van der Waals surface area contributed by atoms with E-state index < -0.39 is 6.10 Å². The summed E-state index contributed by atoms with van der Waals surface area (Å²) in [6.45, 7) is 5.59. The van der Waals surface area contributed by atoms with Crippen LogP contribution in [0.1, 0.15) is 31.5 Å². The van der Waals surface area contributed by atoms with Gasteiger partial charge >= 0.3 is 0 Å². The summed E-state index contributed by atoms with van der Waals surface area (Å²) in [6, 6.07) is 3.79. The lowest BCUT2D eigenvalue weighted by Crippen LogP contribution is -2.43. The lowest BCUT2D eigenvalue weighted by atomic mass is 10.0. The van der Waals surface area contributed by atoms with Crippen molar-refractivity contribution in [2.45, 2.75) is 39.3 Å². The summed E-state index contributed by atoms with van der Waals surface area (Å²) < 4.78 is 5.61. The van der Waals surface area contributed by atoms with Crippen LogP contribution in [0.4, 0.5) is 5.82 Å². The van der Waals surface area contributed by atoms with Crippen molar-refractivity contribution in [1.29, 1.82) is 0 Å². The van der Waals surface area contributed by atoms with E-state index in [1.54, 1.807) is 12.4 Å². The van der Waals surface area contributed by atoms with Gasteiger partial charge in [0.05, 0.1) is 12.2 Å². The zero-order valence-electron chi connectivity index (χ0n) is 16.5. The topological polar surface area (TPSA) is 71.5 Å². The van der Waals surface area contributed by atoms with Crippen molar-refractivity contribution in [1.82, 2.24) is 19.9 Å². The van der Waals surface area contributed by atoms with Gasteiger partial charge in [0.2, 0.25) is 0 Å². The molecule has 0 saturated heterocycles. The molecule has 0 radical (unpaired) electrons. The monoisotopic (exact) mass is 369 g/mol. The number of nitrogens with zero attached hydrogens (tertiary/aromatic N) is 5. The minimum Gasteiger partial charge on any atom is -0.369 e. The Hall–Kier alpha value is -2.54. The molecule has 27 heavy (non-hydrogen) atoms. The van der Waals surface area contributed by atoms with Crippen LogP contribution in [0.25, 0.3) is 11.4 Å². The van der Waals surface area contributed by atoms with Gasteiger partial charge in [0.15, 0.2) is 5.82 Å². The Kier molecular flexibility index (Phi) is 6.01. The van der Waals surface area contributed by atoms with Crippen LogP contribution in [0.3, 0.4) is 0 Å². The first-order valence-corrected chi connectivity index (χ1v) is 9.39. The summed E-state index contributed by atoms with van der Waals surface area (Å²) in [5.74, 6) is 1.59. The maximum Gasteiger partial charge on any atom is 0.251 e. The second-order valence-electron chi connectivity index (χ2n) is 6.95. The van der Waals surface area contributed by atoms with Crippen LogP contribution in [0.2, 0.25) is 0 Å². The lowest BCUT2D eigenvalue weighted by Gasteiger charge is -2.32. The van der Waals surface area contributed by atoms with Crippen molar-refractivity contribution in [2.75, 3.05) is 32.1 Å². The fourth-order valence-electron chi connectivity index (χ4n) is 3.22. The molecule has 0 saturated carbocycles. The summed E-state index contributed by atoms with van der Waals surface area (Å²) in [7, 11) is 3.97. The number of rotatable bonds is 6. The molecule has 0 bridgehead atoms. The second-order valence-corrected chi connectivity index (χ2v) is 6.95. The quantitative estimate of drug-likeness (QED) is 0.778. The molecule has 2 aromatic rings. The van der Waals surface area contributed by atoms with Gasteiger partial charge in [0.25, 0.3) is 5.91 Å². The number of amides is 1. The normalized spacial score (nSPS) is 14.6. The summed E-state index contributed by atoms with van der Waals surface area (Å²) in [6.07, 6.45) is 4.67. The SMILES string of the molecule is CCCOC(C)C(=O)N1CCc2c(nc(-c3ccncc3)nc2N(C)C)C1. The smallest absolute Gasteiger partial charge is 0.251 e. The Morgan fingerprint density at radius 2 is 2.04 bits per heavy atom. The Labute approximate surface area is 160 Å². The highest BCUT2D eigenvalue weighted by molar-refractivity contribution is 5.81. The number of anilines is 1. The largest absolute Gasteiger partial charge is 0.369 e. The van der Waals surface area contributed by atoms with Crippen LogP contribution in [0, 0.1) is 0 Å². The zero-order chi connectivity index (χ0) is 19.4. The van der Waals surface area contributed by atoms with E-state index >= 15 is 0 Å². The van der Waals surface area contributed by atoms with Gasteiger partial charge in [0, 0.05) is 50.8 Å². The van der Waals surface area contributed by atoms with Gasteiger partial charge in [-0.15, -0.1) is 0 Å². The molecule has 3 heterocycles. The van der Waals surface area contributed by atoms with Gasteiger partial charge in [0.1, 0.15) is 11.9 Å². The number of aromatic nitrogens is 3.